The second-order valence-electron chi connectivity index (χ2n) is 5.38. The quantitative estimate of drug-likeness (QED) is 0.930. The van der Waals surface area contributed by atoms with E-state index < -0.39 is 0 Å². The van der Waals surface area contributed by atoms with Gasteiger partial charge in [-0.25, -0.2) is 0 Å². The molecule has 3 rings (SSSR count). The van der Waals surface area contributed by atoms with Gasteiger partial charge in [-0.15, -0.1) is 0 Å². The highest BCUT2D eigenvalue weighted by Gasteiger charge is 2.19. The van der Waals surface area contributed by atoms with Crippen LogP contribution in [0.3, 0.4) is 0 Å². The van der Waals surface area contributed by atoms with Gasteiger partial charge in [-0.1, -0.05) is 23.7 Å². The van der Waals surface area contributed by atoms with E-state index in [0.29, 0.717) is 35.1 Å². The first-order chi connectivity index (χ1) is 11.7. The van der Waals surface area contributed by atoms with E-state index in [-0.39, 0.29) is 5.91 Å². The molecule has 2 aromatic carbocycles. The number of carbonyl (C=O) groups excluding carboxylic acids is 1. The van der Waals surface area contributed by atoms with Gasteiger partial charge in [0, 0.05) is 18.7 Å². The molecular formula is C18H16ClN3O2. The summed E-state index contributed by atoms with van der Waals surface area (Å²) in [6.07, 6.45) is 0. The summed E-state index contributed by atoms with van der Waals surface area (Å²) in [7, 11) is 0. The largest absolute Gasteiger partial charge is 0.378 e. The number of nitrogens with one attached hydrogen (secondary N) is 1. The van der Waals surface area contributed by atoms with E-state index in [9.17, 15) is 4.79 Å². The number of hydrogen-bond acceptors (Lipinski definition) is 4. The first kappa shape index (κ1) is 16.3. The van der Waals surface area contributed by atoms with Crippen LogP contribution in [0, 0.1) is 11.3 Å². The minimum absolute atomic E-state index is 0.274. The van der Waals surface area contributed by atoms with Crippen LogP contribution in [0.25, 0.3) is 0 Å². The fourth-order valence-corrected chi connectivity index (χ4v) is 2.94. The highest BCUT2D eigenvalue weighted by Crippen LogP contribution is 2.34. The Morgan fingerprint density at radius 1 is 1.21 bits per heavy atom. The Kier molecular flexibility index (Phi) is 4.99. The van der Waals surface area contributed by atoms with Crippen LogP contribution in [-0.2, 0) is 4.74 Å². The lowest BCUT2D eigenvalue weighted by atomic mass is 10.1. The summed E-state index contributed by atoms with van der Waals surface area (Å²) in [5.74, 6) is -0.274. The summed E-state index contributed by atoms with van der Waals surface area (Å²) in [5, 5.41) is 12.5. The Morgan fingerprint density at radius 3 is 2.71 bits per heavy atom. The lowest BCUT2D eigenvalue weighted by Gasteiger charge is -2.31. The van der Waals surface area contributed by atoms with E-state index in [2.05, 4.69) is 10.2 Å². The molecular weight excluding hydrogens is 326 g/mol. The van der Waals surface area contributed by atoms with Crippen molar-refractivity contribution in [1.29, 1.82) is 5.26 Å². The maximum Gasteiger partial charge on any atom is 0.255 e. The number of morpholine rings is 1. The molecule has 6 heteroatoms. The molecule has 0 saturated carbocycles. The van der Waals surface area contributed by atoms with Crippen LogP contribution in [0.2, 0.25) is 5.02 Å². The molecule has 0 radical (unpaired) electrons. The first-order valence-corrected chi connectivity index (χ1v) is 7.99. The molecule has 1 aliphatic heterocycles. The molecule has 0 unspecified atom stereocenters. The third-order valence-corrected chi connectivity index (χ3v) is 4.12. The molecule has 2 aromatic rings. The summed E-state index contributed by atoms with van der Waals surface area (Å²) in [6, 6.07) is 14.1. The number of para-hydroxylation sites is 1. The fourth-order valence-electron chi connectivity index (χ4n) is 2.65. The number of nitriles is 1. The van der Waals surface area contributed by atoms with Gasteiger partial charge in [0.2, 0.25) is 0 Å². The van der Waals surface area contributed by atoms with Gasteiger partial charge in [0.25, 0.3) is 5.91 Å². The van der Waals surface area contributed by atoms with Gasteiger partial charge in [0.05, 0.1) is 41.2 Å². The van der Waals surface area contributed by atoms with E-state index in [4.69, 9.17) is 21.6 Å². The third kappa shape index (κ3) is 3.51. The minimum atomic E-state index is -0.274. The number of nitrogens with zero attached hydrogens (tertiary/aromatic N) is 2. The molecule has 0 atom stereocenters. The number of benzene rings is 2. The standard InChI is InChI=1S/C18H16ClN3O2/c19-15-5-2-6-16(17(15)22-7-9-24-10-8-22)21-18(23)14-4-1-3-13(11-14)12-20/h1-6,11H,7-10H2,(H,21,23). The predicted octanol–water partition coefficient (Wildman–Crippen LogP) is 3.30. The summed E-state index contributed by atoms with van der Waals surface area (Å²) < 4.78 is 5.37. The molecule has 0 spiro atoms. The number of anilines is 2. The Morgan fingerprint density at radius 2 is 1.96 bits per heavy atom. The summed E-state index contributed by atoms with van der Waals surface area (Å²) in [4.78, 5) is 14.6. The maximum absolute atomic E-state index is 12.5. The van der Waals surface area contributed by atoms with Crippen molar-refractivity contribution in [3.05, 3.63) is 58.6 Å². The molecule has 1 amide bonds. The molecule has 122 valence electrons. The van der Waals surface area contributed by atoms with E-state index in [1.165, 1.54) is 0 Å². The first-order valence-electron chi connectivity index (χ1n) is 7.62. The van der Waals surface area contributed by atoms with Gasteiger partial charge in [-0.05, 0) is 30.3 Å². The van der Waals surface area contributed by atoms with E-state index in [1.54, 1.807) is 36.4 Å². The minimum Gasteiger partial charge on any atom is -0.378 e. The number of rotatable bonds is 3. The monoisotopic (exact) mass is 341 g/mol. The molecule has 1 saturated heterocycles. The van der Waals surface area contributed by atoms with Gasteiger partial charge in [-0.3, -0.25) is 4.79 Å². The summed E-state index contributed by atoms with van der Waals surface area (Å²) in [5.41, 5.74) is 2.33. The second-order valence-corrected chi connectivity index (χ2v) is 5.79. The van der Waals surface area contributed by atoms with E-state index in [0.717, 1.165) is 18.8 Å². The van der Waals surface area contributed by atoms with Crippen LogP contribution in [0.15, 0.2) is 42.5 Å². The van der Waals surface area contributed by atoms with Gasteiger partial charge in [-0.2, -0.15) is 5.26 Å². The smallest absolute Gasteiger partial charge is 0.255 e. The second kappa shape index (κ2) is 7.35. The molecule has 0 aliphatic carbocycles. The molecule has 5 nitrogen and oxygen atoms in total. The Bertz CT molecular complexity index is 795. The van der Waals surface area contributed by atoms with Crippen molar-refractivity contribution in [3.8, 4) is 6.07 Å². The molecule has 0 aromatic heterocycles. The van der Waals surface area contributed by atoms with Crippen LogP contribution in [0.4, 0.5) is 11.4 Å². The topological polar surface area (TPSA) is 65.4 Å². The van der Waals surface area contributed by atoms with Crippen LogP contribution < -0.4 is 10.2 Å². The van der Waals surface area contributed by atoms with Gasteiger partial charge in [0.15, 0.2) is 0 Å². The van der Waals surface area contributed by atoms with Gasteiger partial charge in [0.1, 0.15) is 0 Å². The Labute approximate surface area is 145 Å². The summed E-state index contributed by atoms with van der Waals surface area (Å²) >= 11 is 6.36. The molecule has 1 N–H and O–H groups in total. The molecule has 24 heavy (non-hydrogen) atoms. The molecule has 1 heterocycles. The summed E-state index contributed by atoms with van der Waals surface area (Å²) in [6.45, 7) is 2.69. The zero-order valence-electron chi connectivity index (χ0n) is 13.0. The van der Waals surface area contributed by atoms with Gasteiger partial charge >= 0.3 is 0 Å². The van der Waals surface area contributed by atoms with Crippen molar-refractivity contribution in [2.24, 2.45) is 0 Å². The number of halogens is 1. The highest BCUT2D eigenvalue weighted by atomic mass is 35.5. The number of carbonyl (C=O) groups is 1. The molecule has 1 fully saturated rings. The lowest BCUT2D eigenvalue weighted by molar-refractivity contribution is 0.102. The van der Waals surface area contributed by atoms with Crippen molar-refractivity contribution in [2.45, 2.75) is 0 Å². The molecule has 0 bridgehead atoms. The van der Waals surface area contributed by atoms with Crippen molar-refractivity contribution >= 4 is 28.9 Å². The zero-order chi connectivity index (χ0) is 16.9. The maximum atomic E-state index is 12.5. The average molecular weight is 342 g/mol. The van der Waals surface area contributed by atoms with Crippen molar-refractivity contribution in [1.82, 2.24) is 0 Å². The van der Waals surface area contributed by atoms with E-state index >= 15 is 0 Å². The predicted molar refractivity (Wildman–Crippen MR) is 93.6 cm³/mol. The van der Waals surface area contributed by atoms with E-state index in [1.807, 2.05) is 12.1 Å². The zero-order valence-corrected chi connectivity index (χ0v) is 13.7. The molecule has 1 aliphatic rings. The lowest BCUT2D eigenvalue weighted by Crippen LogP contribution is -2.37. The van der Waals surface area contributed by atoms with Gasteiger partial charge < -0.3 is 15.0 Å². The number of amides is 1. The van der Waals surface area contributed by atoms with Crippen molar-refractivity contribution in [3.63, 3.8) is 0 Å². The van der Waals surface area contributed by atoms with Crippen LogP contribution in [-0.4, -0.2) is 32.2 Å². The highest BCUT2D eigenvalue weighted by molar-refractivity contribution is 6.34. The Hall–Kier alpha value is -2.55. The SMILES string of the molecule is N#Cc1cccc(C(=O)Nc2cccc(Cl)c2N2CCOCC2)c1. The van der Waals surface area contributed by atoms with Crippen LogP contribution >= 0.6 is 11.6 Å². The number of hydrogen-bond donors (Lipinski definition) is 1. The van der Waals surface area contributed by atoms with Crippen molar-refractivity contribution in [2.75, 3.05) is 36.5 Å². The average Bonchev–Trinajstić information content (AvgIpc) is 2.62. The Balaban J connectivity index is 1.88. The van der Waals surface area contributed by atoms with Crippen molar-refractivity contribution < 1.29 is 9.53 Å². The fraction of sp³-hybridized carbons (Fsp3) is 0.222. The normalized spacial score (nSPS) is 14.1. The third-order valence-electron chi connectivity index (χ3n) is 3.82. The van der Waals surface area contributed by atoms with Crippen LogP contribution in [0.1, 0.15) is 15.9 Å². The van der Waals surface area contributed by atoms with Crippen LogP contribution in [0.5, 0.6) is 0 Å². The number of ether oxygens (including phenoxy) is 1.